The van der Waals surface area contributed by atoms with Gasteiger partial charge in [-0.1, -0.05) is 17.3 Å². The fourth-order valence-corrected chi connectivity index (χ4v) is 3.77. The van der Waals surface area contributed by atoms with Crippen molar-refractivity contribution in [3.8, 4) is 5.69 Å². The summed E-state index contributed by atoms with van der Waals surface area (Å²) < 4.78 is 20.5. The Morgan fingerprint density at radius 3 is 2.80 bits per heavy atom. The van der Waals surface area contributed by atoms with Crippen LogP contribution in [0.5, 0.6) is 0 Å². The zero-order valence-corrected chi connectivity index (χ0v) is 17.4. The quantitative estimate of drug-likeness (QED) is 0.640. The van der Waals surface area contributed by atoms with Crippen LogP contribution >= 0.6 is 0 Å². The van der Waals surface area contributed by atoms with Crippen molar-refractivity contribution in [3.05, 3.63) is 42.2 Å². The lowest BCUT2D eigenvalue weighted by atomic mass is 10.0. The molecule has 2 heterocycles. The van der Waals surface area contributed by atoms with Crippen LogP contribution in [-0.4, -0.2) is 75.7 Å². The van der Waals surface area contributed by atoms with Gasteiger partial charge in [0.1, 0.15) is 6.67 Å². The van der Waals surface area contributed by atoms with Crippen molar-refractivity contribution in [1.82, 2.24) is 25.2 Å². The monoisotopic (exact) mass is 419 g/mol. The lowest BCUT2D eigenvalue weighted by Crippen LogP contribution is -2.45. The number of benzene rings is 1. The van der Waals surface area contributed by atoms with Crippen LogP contribution in [0.15, 0.2) is 36.7 Å². The Labute approximate surface area is 176 Å². The smallest absolute Gasteiger partial charge is 0.221 e. The number of nitrogens with zero attached hydrogens (tertiary/aromatic N) is 4. The molecule has 0 radical (unpaired) electrons. The maximum absolute atomic E-state index is 13.5. The molecule has 8 nitrogen and oxygen atoms in total. The summed E-state index contributed by atoms with van der Waals surface area (Å²) >= 11 is 0. The number of hydrogen-bond donors (Lipinski definition) is 2. The Morgan fingerprint density at radius 2 is 2.17 bits per heavy atom. The molecule has 9 heteroatoms. The molecule has 1 aliphatic rings. The average Bonchev–Trinajstić information content (AvgIpc) is 3.26. The maximum atomic E-state index is 13.5. The number of hydrogen-bond acceptors (Lipinski definition) is 6. The third kappa shape index (κ3) is 6.32. The second-order valence-corrected chi connectivity index (χ2v) is 7.89. The molecule has 1 amide bonds. The predicted octanol–water partition coefficient (Wildman–Crippen LogP) is 1.47. The van der Waals surface area contributed by atoms with Gasteiger partial charge in [0.15, 0.2) is 6.29 Å². The van der Waals surface area contributed by atoms with E-state index in [1.165, 1.54) is 0 Å². The molecule has 2 N–H and O–H groups in total. The van der Waals surface area contributed by atoms with Crippen LogP contribution in [0.1, 0.15) is 31.7 Å². The first-order valence-corrected chi connectivity index (χ1v) is 10.3. The first-order chi connectivity index (χ1) is 14.4. The van der Waals surface area contributed by atoms with Crippen LogP contribution in [-0.2, 0) is 16.0 Å². The summed E-state index contributed by atoms with van der Waals surface area (Å²) in [4.78, 5) is 14.4. The van der Waals surface area contributed by atoms with Crippen molar-refractivity contribution in [1.29, 1.82) is 0 Å². The minimum atomic E-state index is -0.762. The van der Waals surface area contributed by atoms with Crippen LogP contribution in [0.25, 0.3) is 5.69 Å². The highest BCUT2D eigenvalue weighted by molar-refractivity contribution is 5.76. The Bertz CT molecular complexity index is 776. The highest BCUT2D eigenvalue weighted by Gasteiger charge is 2.28. The van der Waals surface area contributed by atoms with E-state index in [1.807, 2.05) is 38.2 Å². The fraction of sp³-hybridized carbons (Fsp3) is 0.571. The lowest BCUT2D eigenvalue weighted by molar-refractivity contribution is -0.173. The van der Waals surface area contributed by atoms with Gasteiger partial charge in [-0.2, -0.15) is 0 Å². The van der Waals surface area contributed by atoms with E-state index in [9.17, 15) is 14.3 Å². The van der Waals surface area contributed by atoms with Crippen molar-refractivity contribution >= 4 is 5.91 Å². The van der Waals surface area contributed by atoms with E-state index in [1.54, 1.807) is 17.1 Å². The number of aliphatic hydroxyl groups is 1. The molecule has 3 rings (SSSR count). The standard InChI is InChI=1S/C21H30FN5O3/c1-15-11-19(13-21(29)30-15)26(2)9-7-20(28)24-17(14-22)12-16-3-5-18(6-4-16)27-10-8-23-25-27/h3-6,8,10,15,17,19,21,29H,7,9,11-14H2,1-2H3,(H,24,28)/t15-,17?,19?,21-/m1/s1. The molecule has 4 atom stereocenters. The van der Waals surface area contributed by atoms with E-state index < -0.39 is 19.0 Å². The first-order valence-electron chi connectivity index (χ1n) is 10.3. The molecule has 1 aliphatic heterocycles. The second-order valence-electron chi connectivity index (χ2n) is 7.89. The molecular formula is C21H30FN5O3. The van der Waals surface area contributed by atoms with Gasteiger partial charge in [-0.05, 0) is 44.5 Å². The van der Waals surface area contributed by atoms with Gasteiger partial charge in [0.2, 0.25) is 5.91 Å². The van der Waals surface area contributed by atoms with Crippen molar-refractivity contribution in [2.45, 2.75) is 57.1 Å². The summed E-state index contributed by atoms with van der Waals surface area (Å²) in [5, 5.41) is 20.3. The molecule has 2 aromatic rings. The van der Waals surface area contributed by atoms with Gasteiger partial charge in [-0.3, -0.25) is 4.79 Å². The van der Waals surface area contributed by atoms with Gasteiger partial charge in [-0.15, -0.1) is 5.10 Å². The number of amides is 1. The van der Waals surface area contributed by atoms with E-state index in [-0.39, 0.29) is 24.5 Å². The summed E-state index contributed by atoms with van der Waals surface area (Å²) in [6.45, 7) is 1.85. The minimum absolute atomic E-state index is 0.0121. The van der Waals surface area contributed by atoms with Crippen molar-refractivity contribution in [3.63, 3.8) is 0 Å². The molecule has 1 aromatic heterocycles. The molecule has 0 bridgehead atoms. The van der Waals surface area contributed by atoms with Crippen LogP contribution in [0.4, 0.5) is 4.39 Å². The maximum Gasteiger partial charge on any atom is 0.221 e. The predicted molar refractivity (Wildman–Crippen MR) is 110 cm³/mol. The van der Waals surface area contributed by atoms with E-state index >= 15 is 0 Å². The number of aliphatic hydroxyl groups excluding tert-OH is 1. The van der Waals surface area contributed by atoms with Gasteiger partial charge in [0.05, 0.1) is 30.2 Å². The van der Waals surface area contributed by atoms with E-state index in [0.29, 0.717) is 19.4 Å². The molecular weight excluding hydrogens is 389 g/mol. The third-order valence-corrected chi connectivity index (χ3v) is 5.44. The summed E-state index contributed by atoms with van der Waals surface area (Å²) in [5.41, 5.74) is 1.80. The summed E-state index contributed by atoms with van der Waals surface area (Å²) in [6.07, 6.45) is 4.61. The third-order valence-electron chi connectivity index (χ3n) is 5.44. The van der Waals surface area contributed by atoms with Crippen molar-refractivity contribution in [2.75, 3.05) is 20.3 Å². The topological polar surface area (TPSA) is 92.5 Å². The zero-order valence-electron chi connectivity index (χ0n) is 17.4. The van der Waals surface area contributed by atoms with Gasteiger partial charge >= 0.3 is 0 Å². The molecule has 0 aliphatic carbocycles. The Morgan fingerprint density at radius 1 is 1.40 bits per heavy atom. The van der Waals surface area contributed by atoms with E-state index in [4.69, 9.17) is 4.74 Å². The number of alkyl halides is 1. The van der Waals surface area contributed by atoms with Gasteiger partial charge in [0.25, 0.3) is 0 Å². The fourth-order valence-electron chi connectivity index (χ4n) is 3.77. The molecule has 1 aromatic carbocycles. The Kier molecular flexibility index (Phi) is 7.89. The SMILES string of the molecule is C[C@@H]1CC(N(C)CCC(=O)NC(CF)Cc2ccc(-n3ccnn3)cc2)C[C@H](O)O1. The van der Waals surface area contributed by atoms with Crippen molar-refractivity contribution < 1.29 is 19.0 Å². The highest BCUT2D eigenvalue weighted by Crippen LogP contribution is 2.21. The highest BCUT2D eigenvalue weighted by atomic mass is 19.1. The molecule has 2 unspecified atom stereocenters. The van der Waals surface area contributed by atoms with Crippen LogP contribution in [0.2, 0.25) is 0 Å². The van der Waals surface area contributed by atoms with Crippen LogP contribution in [0, 0.1) is 0 Å². The molecule has 1 saturated heterocycles. The molecule has 0 saturated carbocycles. The lowest BCUT2D eigenvalue weighted by Gasteiger charge is -2.36. The number of rotatable bonds is 9. The number of ether oxygens (including phenoxy) is 1. The molecule has 0 spiro atoms. The number of carbonyl (C=O) groups excluding carboxylic acids is 1. The van der Waals surface area contributed by atoms with Crippen molar-refractivity contribution in [2.24, 2.45) is 0 Å². The Hall–Kier alpha value is -2.36. The van der Waals surface area contributed by atoms with Gasteiger partial charge in [0, 0.05) is 25.4 Å². The average molecular weight is 420 g/mol. The van der Waals surface area contributed by atoms with Crippen LogP contribution < -0.4 is 5.32 Å². The van der Waals surface area contributed by atoms with E-state index in [2.05, 4.69) is 20.5 Å². The summed E-state index contributed by atoms with van der Waals surface area (Å²) in [7, 11) is 1.94. The summed E-state index contributed by atoms with van der Waals surface area (Å²) in [5.74, 6) is -0.176. The molecule has 164 valence electrons. The zero-order chi connectivity index (χ0) is 21.5. The van der Waals surface area contributed by atoms with Crippen LogP contribution in [0.3, 0.4) is 0 Å². The minimum Gasteiger partial charge on any atom is -0.368 e. The number of carbonyl (C=O) groups is 1. The first kappa shape index (κ1) is 22.3. The summed E-state index contributed by atoms with van der Waals surface area (Å²) in [6, 6.07) is 7.18. The molecule has 1 fully saturated rings. The second kappa shape index (κ2) is 10.6. The van der Waals surface area contributed by atoms with E-state index in [0.717, 1.165) is 17.7 Å². The Balaban J connectivity index is 1.45. The van der Waals surface area contributed by atoms with Gasteiger partial charge in [-0.25, -0.2) is 9.07 Å². The largest absolute Gasteiger partial charge is 0.368 e. The normalized spacial score (nSPS) is 22.8. The molecule has 30 heavy (non-hydrogen) atoms. The number of aromatic nitrogens is 3. The van der Waals surface area contributed by atoms with Gasteiger partial charge < -0.3 is 20.1 Å². The number of halogens is 1. The number of nitrogens with one attached hydrogen (secondary N) is 1.